The fourth-order valence-corrected chi connectivity index (χ4v) is 3.64. The number of fused-ring (bicyclic) bond motifs is 1. The predicted octanol–water partition coefficient (Wildman–Crippen LogP) is 2.20. The minimum Gasteiger partial charge on any atom is -0.409 e. The van der Waals surface area contributed by atoms with Gasteiger partial charge in [0.25, 0.3) is 0 Å². The number of rotatable bonds is 5. The SMILES string of the molecule is CCC(C/C(N)=N/O)NC(=O)C1CCCc2sccc21. The van der Waals surface area contributed by atoms with Crippen molar-refractivity contribution in [3.8, 4) is 0 Å². The van der Waals surface area contributed by atoms with E-state index in [1.165, 1.54) is 10.4 Å². The Morgan fingerprint density at radius 2 is 2.50 bits per heavy atom. The summed E-state index contributed by atoms with van der Waals surface area (Å²) in [6.45, 7) is 1.98. The molecule has 2 atom stereocenters. The lowest BCUT2D eigenvalue weighted by Crippen LogP contribution is -2.40. The van der Waals surface area contributed by atoms with Crippen molar-refractivity contribution in [3.63, 3.8) is 0 Å². The van der Waals surface area contributed by atoms with Gasteiger partial charge in [0.1, 0.15) is 5.84 Å². The topological polar surface area (TPSA) is 87.7 Å². The second-order valence-electron chi connectivity index (χ2n) is 5.15. The maximum atomic E-state index is 12.4. The Hall–Kier alpha value is -1.56. The first-order valence-corrected chi connectivity index (χ1v) is 7.86. The van der Waals surface area contributed by atoms with Gasteiger partial charge >= 0.3 is 0 Å². The molecule has 0 bridgehead atoms. The number of amidine groups is 1. The molecule has 20 heavy (non-hydrogen) atoms. The molecule has 0 aromatic carbocycles. The molecule has 0 spiro atoms. The smallest absolute Gasteiger partial charge is 0.227 e. The fourth-order valence-electron chi connectivity index (χ4n) is 2.65. The third kappa shape index (κ3) is 3.30. The summed E-state index contributed by atoms with van der Waals surface area (Å²) in [6, 6.07) is 1.98. The second kappa shape index (κ2) is 6.74. The molecule has 110 valence electrons. The normalized spacial score (nSPS) is 20.2. The Labute approximate surface area is 122 Å². The summed E-state index contributed by atoms with van der Waals surface area (Å²) in [7, 11) is 0. The van der Waals surface area contributed by atoms with Gasteiger partial charge in [0.05, 0.1) is 5.92 Å². The molecular formula is C14H21N3O2S. The van der Waals surface area contributed by atoms with Crippen LogP contribution in [-0.2, 0) is 11.2 Å². The number of hydrogen-bond acceptors (Lipinski definition) is 4. The van der Waals surface area contributed by atoms with Crippen LogP contribution in [0.25, 0.3) is 0 Å². The van der Waals surface area contributed by atoms with Crippen LogP contribution in [0.4, 0.5) is 0 Å². The molecule has 2 unspecified atom stereocenters. The Bertz CT molecular complexity index is 498. The van der Waals surface area contributed by atoms with Gasteiger partial charge in [0, 0.05) is 17.3 Å². The number of nitrogens with one attached hydrogen (secondary N) is 1. The molecule has 4 N–H and O–H groups in total. The highest BCUT2D eigenvalue weighted by Gasteiger charge is 2.28. The third-order valence-corrected chi connectivity index (χ3v) is 4.79. The van der Waals surface area contributed by atoms with Gasteiger partial charge < -0.3 is 16.3 Å². The van der Waals surface area contributed by atoms with E-state index in [9.17, 15) is 4.79 Å². The monoisotopic (exact) mass is 295 g/mol. The van der Waals surface area contributed by atoms with Gasteiger partial charge in [-0.1, -0.05) is 12.1 Å². The van der Waals surface area contributed by atoms with E-state index in [-0.39, 0.29) is 23.7 Å². The van der Waals surface area contributed by atoms with Crippen molar-refractivity contribution in [2.45, 2.75) is 51.0 Å². The lowest BCUT2D eigenvalue weighted by molar-refractivity contribution is -0.123. The number of nitrogens with zero attached hydrogens (tertiary/aromatic N) is 1. The van der Waals surface area contributed by atoms with Crippen LogP contribution in [0.15, 0.2) is 16.6 Å². The Morgan fingerprint density at radius 3 is 3.20 bits per heavy atom. The highest BCUT2D eigenvalue weighted by molar-refractivity contribution is 7.10. The van der Waals surface area contributed by atoms with Gasteiger partial charge in [-0.3, -0.25) is 4.79 Å². The van der Waals surface area contributed by atoms with E-state index >= 15 is 0 Å². The molecule has 0 fully saturated rings. The van der Waals surface area contributed by atoms with Crippen molar-refractivity contribution in [2.75, 3.05) is 0 Å². The highest BCUT2D eigenvalue weighted by Crippen LogP contribution is 2.35. The van der Waals surface area contributed by atoms with E-state index in [0.29, 0.717) is 6.42 Å². The van der Waals surface area contributed by atoms with Crippen molar-refractivity contribution in [1.82, 2.24) is 5.32 Å². The number of thiophene rings is 1. The zero-order chi connectivity index (χ0) is 14.5. The fraction of sp³-hybridized carbons (Fsp3) is 0.571. The first-order valence-electron chi connectivity index (χ1n) is 6.98. The lowest BCUT2D eigenvalue weighted by atomic mass is 9.87. The maximum absolute atomic E-state index is 12.4. The molecule has 0 aliphatic heterocycles. The van der Waals surface area contributed by atoms with E-state index in [0.717, 1.165) is 25.7 Å². The summed E-state index contributed by atoms with van der Waals surface area (Å²) >= 11 is 1.73. The van der Waals surface area contributed by atoms with Crippen molar-refractivity contribution in [1.29, 1.82) is 0 Å². The molecule has 2 rings (SSSR count). The van der Waals surface area contributed by atoms with E-state index in [2.05, 4.69) is 21.9 Å². The van der Waals surface area contributed by atoms with Crippen molar-refractivity contribution >= 4 is 23.1 Å². The van der Waals surface area contributed by atoms with Crippen LogP contribution in [0.1, 0.15) is 49.0 Å². The molecule has 6 heteroatoms. The Morgan fingerprint density at radius 1 is 1.70 bits per heavy atom. The molecule has 1 aromatic heterocycles. The number of nitrogens with two attached hydrogens (primary N) is 1. The molecule has 0 radical (unpaired) electrons. The minimum atomic E-state index is -0.0811. The predicted molar refractivity (Wildman–Crippen MR) is 80.2 cm³/mol. The molecule has 1 aliphatic carbocycles. The highest BCUT2D eigenvalue weighted by atomic mass is 32.1. The number of carbonyl (C=O) groups excluding carboxylic acids is 1. The Balaban J connectivity index is 2.02. The molecule has 1 aromatic rings. The number of oxime groups is 1. The van der Waals surface area contributed by atoms with Gasteiger partial charge in [-0.15, -0.1) is 11.3 Å². The van der Waals surface area contributed by atoms with Gasteiger partial charge in [0.15, 0.2) is 0 Å². The number of amides is 1. The second-order valence-corrected chi connectivity index (χ2v) is 6.15. The minimum absolute atomic E-state index is 0.0497. The summed E-state index contributed by atoms with van der Waals surface area (Å²) in [6.07, 6.45) is 4.17. The van der Waals surface area contributed by atoms with Crippen LogP contribution in [-0.4, -0.2) is 23.0 Å². The van der Waals surface area contributed by atoms with Gasteiger partial charge in [-0.25, -0.2) is 0 Å². The average Bonchev–Trinajstić information content (AvgIpc) is 2.94. The molecular weight excluding hydrogens is 274 g/mol. The van der Waals surface area contributed by atoms with E-state index in [4.69, 9.17) is 10.9 Å². The number of aryl methyl sites for hydroxylation is 1. The van der Waals surface area contributed by atoms with Crippen LogP contribution >= 0.6 is 11.3 Å². The summed E-state index contributed by atoms with van der Waals surface area (Å²) in [5, 5.41) is 16.7. The largest absolute Gasteiger partial charge is 0.409 e. The summed E-state index contributed by atoms with van der Waals surface area (Å²) in [5.41, 5.74) is 6.69. The standard InChI is InChI=1S/C14H21N3O2S/c1-2-9(8-13(15)17-19)16-14(18)11-4-3-5-12-10(11)6-7-20-12/h6-7,9,11,19H,2-5,8H2,1H3,(H2,15,17)(H,16,18). The number of carbonyl (C=O) groups is 1. The molecule has 5 nitrogen and oxygen atoms in total. The van der Waals surface area contributed by atoms with Crippen LogP contribution in [0.3, 0.4) is 0 Å². The van der Waals surface area contributed by atoms with Crippen molar-refractivity contribution in [2.24, 2.45) is 10.9 Å². The zero-order valence-electron chi connectivity index (χ0n) is 11.6. The summed E-state index contributed by atoms with van der Waals surface area (Å²) in [4.78, 5) is 13.8. The van der Waals surface area contributed by atoms with E-state index in [1.807, 2.05) is 6.92 Å². The molecule has 0 saturated heterocycles. The van der Waals surface area contributed by atoms with E-state index in [1.54, 1.807) is 11.3 Å². The third-order valence-electron chi connectivity index (χ3n) is 3.79. The van der Waals surface area contributed by atoms with E-state index < -0.39 is 0 Å². The van der Waals surface area contributed by atoms with Gasteiger partial charge in [-0.2, -0.15) is 0 Å². The first-order chi connectivity index (χ1) is 9.65. The zero-order valence-corrected chi connectivity index (χ0v) is 12.4. The molecule has 1 amide bonds. The van der Waals surface area contributed by atoms with Crippen LogP contribution in [0, 0.1) is 0 Å². The van der Waals surface area contributed by atoms with Crippen LogP contribution < -0.4 is 11.1 Å². The maximum Gasteiger partial charge on any atom is 0.227 e. The average molecular weight is 295 g/mol. The van der Waals surface area contributed by atoms with Gasteiger partial charge in [-0.05, 0) is 42.7 Å². The van der Waals surface area contributed by atoms with Crippen LogP contribution in [0.5, 0.6) is 0 Å². The van der Waals surface area contributed by atoms with Crippen molar-refractivity contribution in [3.05, 3.63) is 21.9 Å². The molecule has 1 aliphatic rings. The molecule has 1 heterocycles. The summed E-state index contributed by atoms with van der Waals surface area (Å²) in [5.74, 6) is 0.158. The Kier molecular flexibility index (Phi) is 5.00. The first kappa shape index (κ1) is 14.8. The van der Waals surface area contributed by atoms with Crippen LogP contribution in [0.2, 0.25) is 0 Å². The lowest BCUT2D eigenvalue weighted by Gasteiger charge is -2.24. The summed E-state index contributed by atoms with van der Waals surface area (Å²) < 4.78 is 0. The number of hydrogen-bond donors (Lipinski definition) is 3. The molecule has 0 saturated carbocycles. The quantitative estimate of drug-likeness (QED) is 0.337. The van der Waals surface area contributed by atoms with Crippen molar-refractivity contribution < 1.29 is 10.0 Å². The van der Waals surface area contributed by atoms with Gasteiger partial charge in [0.2, 0.25) is 5.91 Å².